The Morgan fingerprint density at radius 1 is 0.658 bits per heavy atom. The van der Waals surface area contributed by atoms with Crippen LogP contribution in [0.3, 0.4) is 0 Å². The summed E-state index contributed by atoms with van der Waals surface area (Å²) in [7, 11) is 0. The van der Waals surface area contributed by atoms with E-state index in [0.29, 0.717) is 45.5 Å². The third kappa shape index (κ3) is 3.53. The van der Waals surface area contributed by atoms with E-state index in [1.54, 1.807) is 24.3 Å². The van der Waals surface area contributed by atoms with Gasteiger partial charge in [0.05, 0.1) is 34.4 Å². The lowest BCUT2D eigenvalue weighted by atomic mass is 9.78. The summed E-state index contributed by atoms with van der Waals surface area (Å²) in [4.78, 5) is 25.1. The monoisotopic (exact) mass is 502 g/mol. The molecule has 38 heavy (non-hydrogen) atoms. The molecule has 0 bridgehead atoms. The quantitative estimate of drug-likeness (QED) is 0.186. The number of hydrogen-bond donors (Lipinski definition) is 2. The maximum absolute atomic E-state index is 12.9. The summed E-state index contributed by atoms with van der Waals surface area (Å²) < 4.78 is 0. The van der Waals surface area contributed by atoms with Crippen LogP contribution in [0, 0.1) is 34.5 Å². The smallest absolute Gasteiger partial charge is 0.336 e. The topological polar surface area (TPSA) is 122 Å². The Bertz CT molecular complexity index is 1900. The summed E-state index contributed by atoms with van der Waals surface area (Å²) in [6, 6.07) is 14.5. The summed E-state index contributed by atoms with van der Waals surface area (Å²) in [5.41, 5.74) is 2.40. The van der Waals surface area contributed by atoms with Crippen molar-refractivity contribution in [2.75, 3.05) is 0 Å². The summed E-state index contributed by atoms with van der Waals surface area (Å²) in [5, 5.41) is 45.7. The molecule has 0 unspecified atom stereocenters. The fourth-order valence-corrected chi connectivity index (χ4v) is 6.04. The first-order valence-electron chi connectivity index (χ1n) is 12.6. The van der Waals surface area contributed by atoms with E-state index in [0.717, 1.165) is 27.1 Å². The molecule has 0 atom stereocenters. The Hall–Kier alpha value is -4.68. The van der Waals surface area contributed by atoms with Crippen molar-refractivity contribution >= 4 is 55.0 Å². The van der Waals surface area contributed by atoms with Crippen LogP contribution in [0.1, 0.15) is 70.7 Å². The van der Waals surface area contributed by atoms with Crippen molar-refractivity contribution in [3.05, 3.63) is 69.8 Å². The standard InChI is InChI=1S/C32H26N2O4/c1-15(2)11-23-24(12-16(3)4)30(32(37)38)26-18(14-34)6-8-20-19-7-5-17(13-33)25-22(31(35)36)10-9-21(27(19)25)28(23)29(20)26/h5-10,15-16H,11-12H2,1-4H3,(H,35,36)(H,37,38). The fourth-order valence-electron chi connectivity index (χ4n) is 6.04. The highest BCUT2D eigenvalue weighted by Crippen LogP contribution is 2.47. The van der Waals surface area contributed by atoms with Crippen molar-refractivity contribution in [3.63, 3.8) is 0 Å². The second-order valence-electron chi connectivity index (χ2n) is 10.7. The maximum Gasteiger partial charge on any atom is 0.336 e. The van der Waals surface area contributed by atoms with Crippen LogP contribution in [-0.2, 0) is 12.8 Å². The van der Waals surface area contributed by atoms with Gasteiger partial charge in [0.1, 0.15) is 0 Å². The van der Waals surface area contributed by atoms with Gasteiger partial charge in [0.2, 0.25) is 0 Å². The van der Waals surface area contributed by atoms with Crippen molar-refractivity contribution in [3.8, 4) is 12.1 Å². The lowest BCUT2D eigenvalue weighted by molar-refractivity contribution is 0.0687. The van der Waals surface area contributed by atoms with Crippen molar-refractivity contribution < 1.29 is 19.8 Å². The van der Waals surface area contributed by atoms with Gasteiger partial charge in [-0.25, -0.2) is 9.59 Å². The average molecular weight is 503 g/mol. The number of hydrogen-bond acceptors (Lipinski definition) is 4. The highest BCUT2D eigenvalue weighted by molar-refractivity contribution is 6.37. The van der Waals surface area contributed by atoms with Crippen LogP contribution in [0.25, 0.3) is 43.1 Å². The minimum absolute atomic E-state index is 0.0467. The molecule has 0 amide bonds. The van der Waals surface area contributed by atoms with Crippen LogP contribution in [0.4, 0.5) is 0 Å². The molecule has 2 N–H and O–H groups in total. The van der Waals surface area contributed by atoms with Gasteiger partial charge in [0.15, 0.2) is 0 Å². The molecule has 6 heteroatoms. The number of fused-ring (bicyclic) bond motifs is 2. The molecule has 6 nitrogen and oxygen atoms in total. The molecule has 0 aliphatic heterocycles. The van der Waals surface area contributed by atoms with Gasteiger partial charge in [0.25, 0.3) is 0 Å². The van der Waals surface area contributed by atoms with Gasteiger partial charge in [-0.1, -0.05) is 45.9 Å². The van der Waals surface area contributed by atoms with Crippen molar-refractivity contribution in [1.29, 1.82) is 10.5 Å². The van der Waals surface area contributed by atoms with E-state index < -0.39 is 11.9 Å². The zero-order valence-electron chi connectivity index (χ0n) is 21.6. The molecule has 5 aromatic rings. The van der Waals surface area contributed by atoms with Crippen LogP contribution in [0.2, 0.25) is 0 Å². The largest absolute Gasteiger partial charge is 0.478 e. The average Bonchev–Trinajstić information content (AvgIpc) is 2.86. The summed E-state index contributed by atoms with van der Waals surface area (Å²) in [6.45, 7) is 8.24. The molecule has 0 radical (unpaired) electrons. The molecule has 0 aromatic heterocycles. The molecule has 0 saturated carbocycles. The number of carbonyl (C=O) groups is 2. The van der Waals surface area contributed by atoms with E-state index in [-0.39, 0.29) is 28.5 Å². The third-order valence-electron chi connectivity index (χ3n) is 7.30. The number of carboxylic acid groups (broad SMARTS) is 2. The molecule has 0 saturated heterocycles. The lowest BCUT2D eigenvalue weighted by Gasteiger charge is -2.25. The third-order valence-corrected chi connectivity index (χ3v) is 7.30. The Morgan fingerprint density at radius 3 is 1.71 bits per heavy atom. The number of rotatable bonds is 6. The fraction of sp³-hybridized carbons (Fsp3) is 0.250. The Kier molecular flexibility index (Phi) is 5.93. The Balaban J connectivity index is 2.24. The Morgan fingerprint density at radius 2 is 1.18 bits per heavy atom. The van der Waals surface area contributed by atoms with Crippen molar-refractivity contribution in [2.45, 2.75) is 40.5 Å². The van der Waals surface area contributed by atoms with Gasteiger partial charge < -0.3 is 10.2 Å². The predicted octanol–water partition coefficient (Wildman–Crippen LogP) is 7.27. The second-order valence-corrected chi connectivity index (χ2v) is 10.7. The highest BCUT2D eigenvalue weighted by Gasteiger charge is 2.29. The van der Waals surface area contributed by atoms with E-state index in [1.807, 2.05) is 19.9 Å². The van der Waals surface area contributed by atoms with E-state index in [9.17, 15) is 30.3 Å². The number of nitrogens with zero attached hydrogens (tertiary/aromatic N) is 2. The SMILES string of the molecule is CC(C)Cc1c(C(=O)O)c2c(C#N)ccc3c4ccc(C#N)c5c(C(=O)O)ccc(c(c1CC(C)C)c23)c54. The minimum atomic E-state index is -1.12. The molecular formula is C32H26N2O4. The van der Waals surface area contributed by atoms with Gasteiger partial charge >= 0.3 is 11.9 Å². The zero-order chi connectivity index (χ0) is 27.5. The van der Waals surface area contributed by atoms with Crippen LogP contribution in [0.15, 0.2) is 36.4 Å². The first-order chi connectivity index (χ1) is 18.1. The van der Waals surface area contributed by atoms with Crippen LogP contribution >= 0.6 is 0 Å². The van der Waals surface area contributed by atoms with Crippen molar-refractivity contribution in [2.24, 2.45) is 11.8 Å². The van der Waals surface area contributed by atoms with Crippen molar-refractivity contribution in [1.82, 2.24) is 0 Å². The molecule has 0 heterocycles. The normalized spacial score (nSPS) is 11.7. The lowest BCUT2D eigenvalue weighted by Crippen LogP contribution is -2.13. The molecule has 5 rings (SSSR count). The summed E-state index contributed by atoms with van der Waals surface area (Å²) >= 11 is 0. The first kappa shape index (κ1) is 25.0. The van der Waals surface area contributed by atoms with E-state index in [1.165, 1.54) is 6.07 Å². The molecule has 5 aromatic carbocycles. The van der Waals surface area contributed by atoms with Crippen LogP contribution in [-0.4, -0.2) is 22.2 Å². The van der Waals surface area contributed by atoms with Crippen LogP contribution < -0.4 is 0 Å². The molecule has 188 valence electrons. The van der Waals surface area contributed by atoms with Gasteiger partial charge in [-0.2, -0.15) is 10.5 Å². The van der Waals surface area contributed by atoms with Gasteiger partial charge in [-0.05, 0) is 86.3 Å². The van der Waals surface area contributed by atoms with E-state index >= 15 is 0 Å². The Labute approximate surface area is 219 Å². The van der Waals surface area contributed by atoms with E-state index in [2.05, 4.69) is 26.0 Å². The van der Waals surface area contributed by atoms with Crippen LogP contribution in [0.5, 0.6) is 0 Å². The molecule has 0 spiro atoms. The molecule has 0 aliphatic carbocycles. The summed E-state index contributed by atoms with van der Waals surface area (Å²) in [6.07, 6.45) is 1.13. The highest BCUT2D eigenvalue weighted by atomic mass is 16.4. The number of nitriles is 2. The summed E-state index contributed by atoms with van der Waals surface area (Å²) in [5.74, 6) is -1.82. The van der Waals surface area contributed by atoms with Gasteiger partial charge in [-0.15, -0.1) is 0 Å². The van der Waals surface area contributed by atoms with E-state index in [4.69, 9.17) is 0 Å². The number of carboxylic acids is 2. The van der Waals surface area contributed by atoms with Gasteiger partial charge in [0, 0.05) is 10.8 Å². The minimum Gasteiger partial charge on any atom is -0.478 e. The predicted molar refractivity (Wildman–Crippen MR) is 148 cm³/mol. The molecule has 0 fully saturated rings. The second kappa shape index (κ2) is 9.01. The molecular weight excluding hydrogens is 476 g/mol. The molecule has 0 aliphatic rings. The number of benzene rings is 5. The van der Waals surface area contributed by atoms with Gasteiger partial charge in [-0.3, -0.25) is 0 Å². The zero-order valence-corrected chi connectivity index (χ0v) is 21.6. The number of aromatic carboxylic acids is 2. The first-order valence-corrected chi connectivity index (χ1v) is 12.6. The maximum atomic E-state index is 12.9.